The molecule has 0 bridgehead atoms. The van der Waals surface area contributed by atoms with Crippen LogP contribution in [0.1, 0.15) is 10.9 Å². The largest absolute Gasteiger partial charge is 0.352 e. The molecule has 0 radical (unpaired) electrons. The SMILES string of the molecule is CN(C)C(CNC(=O)Cn1nnc(-c2ccccc2)n1)c1cccs1. The van der Waals surface area contributed by atoms with E-state index in [4.69, 9.17) is 0 Å². The minimum atomic E-state index is -0.139. The number of carbonyl (C=O) groups excluding carboxylic acids is 1. The van der Waals surface area contributed by atoms with Crippen LogP contribution < -0.4 is 5.32 Å². The van der Waals surface area contributed by atoms with E-state index in [1.165, 1.54) is 9.67 Å². The Morgan fingerprint density at radius 1 is 1.24 bits per heavy atom. The quantitative estimate of drug-likeness (QED) is 0.699. The summed E-state index contributed by atoms with van der Waals surface area (Å²) in [5.41, 5.74) is 0.875. The summed E-state index contributed by atoms with van der Waals surface area (Å²) in [6.45, 7) is 0.580. The highest BCUT2D eigenvalue weighted by molar-refractivity contribution is 7.10. The van der Waals surface area contributed by atoms with E-state index in [0.29, 0.717) is 12.4 Å². The Balaban J connectivity index is 1.57. The second-order valence-electron chi connectivity index (χ2n) is 5.81. The molecule has 0 aliphatic carbocycles. The molecule has 0 aliphatic rings. The van der Waals surface area contributed by atoms with E-state index in [1.54, 1.807) is 11.3 Å². The maximum absolute atomic E-state index is 12.2. The maximum Gasteiger partial charge on any atom is 0.243 e. The van der Waals surface area contributed by atoms with Crippen molar-refractivity contribution in [1.82, 2.24) is 30.4 Å². The Kier molecular flexibility index (Phi) is 5.52. The lowest BCUT2D eigenvalue weighted by Crippen LogP contribution is -2.36. The van der Waals surface area contributed by atoms with E-state index in [0.717, 1.165) is 5.56 Å². The van der Waals surface area contributed by atoms with Crippen LogP contribution in [0.3, 0.4) is 0 Å². The molecular weight excluding hydrogens is 336 g/mol. The molecule has 3 aromatic rings. The molecule has 25 heavy (non-hydrogen) atoms. The molecule has 1 amide bonds. The molecule has 0 saturated heterocycles. The van der Waals surface area contributed by atoms with Gasteiger partial charge in [0.1, 0.15) is 6.54 Å². The summed E-state index contributed by atoms with van der Waals surface area (Å²) in [6.07, 6.45) is 0. The van der Waals surface area contributed by atoms with Crippen LogP contribution in [-0.4, -0.2) is 51.7 Å². The molecule has 1 aromatic carbocycles. The molecule has 2 aromatic heterocycles. The Labute approximate surface area is 150 Å². The standard InChI is InChI=1S/C17H20N6OS/c1-22(2)14(15-9-6-10-25-15)11-18-16(24)12-23-20-17(19-21-23)13-7-4-3-5-8-13/h3-10,14H,11-12H2,1-2H3,(H,18,24). The number of aromatic nitrogens is 4. The van der Waals surface area contributed by atoms with Gasteiger partial charge in [0.2, 0.25) is 11.7 Å². The zero-order valence-corrected chi connectivity index (χ0v) is 15.0. The topological polar surface area (TPSA) is 75.9 Å². The van der Waals surface area contributed by atoms with E-state index in [2.05, 4.69) is 31.7 Å². The predicted octanol–water partition coefficient (Wildman–Crippen LogP) is 1.82. The first-order valence-corrected chi connectivity index (χ1v) is 8.81. The van der Waals surface area contributed by atoms with Crippen LogP contribution in [0.4, 0.5) is 0 Å². The molecule has 3 rings (SSSR count). The second-order valence-corrected chi connectivity index (χ2v) is 6.79. The smallest absolute Gasteiger partial charge is 0.243 e. The molecule has 7 nitrogen and oxygen atoms in total. The van der Waals surface area contributed by atoms with E-state index in [1.807, 2.05) is 55.9 Å². The normalized spacial score (nSPS) is 12.3. The average Bonchev–Trinajstić information content (AvgIpc) is 3.28. The fraction of sp³-hybridized carbons (Fsp3) is 0.294. The van der Waals surface area contributed by atoms with Crippen molar-refractivity contribution in [2.75, 3.05) is 20.6 Å². The van der Waals surface area contributed by atoms with Gasteiger partial charge in [0.25, 0.3) is 0 Å². The van der Waals surface area contributed by atoms with Crippen LogP contribution >= 0.6 is 11.3 Å². The number of thiophene rings is 1. The van der Waals surface area contributed by atoms with Crippen molar-refractivity contribution in [3.63, 3.8) is 0 Å². The fourth-order valence-electron chi connectivity index (χ4n) is 2.43. The number of likely N-dealkylation sites (N-methyl/N-ethyl adjacent to an activating group) is 1. The van der Waals surface area contributed by atoms with Crippen LogP contribution in [-0.2, 0) is 11.3 Å². The highest BCUT2D eigenvalue weighted by atomic mass is 32.1. The molecular formula is C17H20N6OS. The predicted molar refractivity (Wildman–Crippen MR) is 97.0 cm³/mol. The lowest BCUT2D eigenvalue weighted by atomic mass is 10.2. The Bertz CT molecular complexity index is 800. The van der Waals surface area contributed by atoms with Gasteiger partial charge in [-0.2, -0.15) is 4.80 Å². The van der Waals surface area contributed by atoms with Crippen molar-refractivity contribution in [2.24, 2.45) is 0 Å². The summed E-state index contributed by atoms with van der Waals surface area (Å²) < 4.78 is 0. The maximum atomic E-state index is 12.2. The third-order valence-corrected chi connectivity index (χ3v) is 4.73. The highest BCUT2D eigenvalue weighted by Gasteiger charge is 2.17. The van der Waals surface area contributed by atoms with Crippen LogP contribution in [0.15, 0.2) is 47.8 Å². The van der Waals surface area contributed by atoms with Gasteiger partial charge < -0.3 is 10.2 Å². The molecule has 0 saturated carbocycles. The molecule has 1 atom stereocenters. The number of nitrogens with zero attached hydrogens (tertiary/aromatic N) is 5. The minimum absolute atomic E-state index is 0.0461. The number of hydrogen-bond acceptors (Lipinski definition) is 6. The lowest BCUT2D eigenvalue weighted by Gasteiger charge is -2.23. The Morgan fingerprint density at radius 2 is 2.04 bits per heavy atom. The number of tetrazole rings is 1. The van der Waals surface area contributed by atoms with Crippen molar-refractivity contribution < 1.29 is 4.79 Å². The molecule has 0 spiro atoms. The van der Waals surface area contributed by atoms with Gasteiger partial charge >= 0.3 is 0 Å². The van der Waals surface area contributed by atoms with Crippen molar-refractivity contribution in [1.29, 1.82) is 0 Å². The van der Waals surface area contributed by atoms with Gasteiger partial charge in [0, 0.05) is 17.0 Å². The summed E-state index contributed by atoms with van der Waals surface area (Å²) in [5, 5.41) is 17.2. The number of benzene rings is 1. The minimum Gasteiger partial charge on any atom is -0.352 e. The first kappa shape index (κ1) is 17.2. The van der Waals surface area contributed by atoms with Gasteiger partial charge in [-0.25, -0.2) is 0 Å². The van der Waals surface area contributed by atoms with Gasteiger partial charge in [-0.1, -0.05) is 36.4 Å². The third kappa shape index (κ3) is 4.49. The van der Waals surface area contributed by atoms with E-state index < -0.39 is 0 Å². The monoisotopic (exact) mass is 356 g/mol. The molecule has 0 fully saturated rings. The average molecular weight is 356 g/mol. The molecule has 8 heteroatoms. The van der Waals surface area contributed by atoms with Crippen molar-refractivity contribution in [3.05, 3.63) is 52.7 Å². The van der Waals surface area contributed by atoms with Crippen LogP contribution in [0.5, 0.6) is 0 Å². The first-order chi connectivity index (χ1) is 12.1. The second kappa shape index (κ2) is 8.00. The Morgan fingerprint density at radius 3 is 2.72 bits per heavy atom. The summed E-state index contributed by atoms with van der Waals surface area (Å²) >= 11 is 1.68. The molecule has 130 valence electrons. The number of nitrogens with one attached hydrogen (secondary N) is 1. The van der Waals surface area contributed by atoms with Crippen molar-refractivity contribution >= 4 is 17.2 Å². The molecule has 0 aliphatic heterocycles. The van der Waals surface area contributed by atoms with Crippen LogP contribution in [0, 0.1) is 0 Å². The fourth-order valence-corrected chi connectivity index (χ4v) is 3.35. The summed E-state index contributed by atoms with van der Waals surface area (Å²) in [4.78, 5) is 16.8. The molecule has 1 unspecified atom stereocenters. The van der Waals surface area contributed by atoms with Crippen LogP contribution in [0.2, 0.25) is 0 Å². The van der Waals surface area contributed by atoms with Gasteiger partial charge in [-0.05, 0) is 30.8 Å². The zero-order chi connectivity index (χ0) is 17.6. The highest BCUT2D eigenvalue weighted by Crippen LogP contribution is 2.22. The first-order valence-electron chi connectivity index (χ1n) is 7.93. The van der Waals surface area contributed by atoms with E-state index >= 15 is 0 Å². The third-order valence-electron chi connectivity index (χ3n) is 3.76. The van der Waals surface area contributed by atoms with Crippen molar-refractivity contribution in [2.45, 2.75) is 12.6 Å². The van der Waals surface area contributed by atoms with Gasteiger partial charge in [0.05, 0.1) is 6.04 Å². The summed E-state index contributed by atoms with van der Waals surface area (Å²) in [5.74, 6) is 0.374. The molecule has 2 heterocycles. The Hall–Kier alpha value is -2.58. The summed E-state index contributed by atoms with van der Waals surface area (Å²) in [6, 6.07) is 13.8. The van der Waals surface area contributed by atoms with Crippen LogP contribution in [0.25, 0.3) is 11.4 Å². The van der Waals surface area contributed by atoms with Gasteiger partial charge in [-0.15, -0.1) is 21.5 Å². The number of hydrogen-bond donors (Lipinski definition) is 1. The summed E-state index contributed by atoms with van der Waals surface area (Å²) in [7, 11) is 4.00. The van der Waals surface area contributed by atoms with E-state index in [9.17, 15) is 4.79 Å². The number of carbonyl (C=O) groups is 1. The number of amides is 1. The molecule has 1 N–H and O–H groups in total. The van der Waals surface area contributed by atoms with E-state index in [-0.39, 0.29) is 18.5 Å². The van der Waals surface area contributed by atoms with Crippen molar-refractivity contribution in [3.8, 4) is 11.4 Å². The zero-order valence-electron chi connectivity index (χ0n) is 14.2. The lowest BCUT2D eigenvalue weighted by molar-refractivity contribution is -0.122. The van der Waals surface area contributed by atoms with Gasteiger partial charge in [0.15, 0.2) is 0 Å². The number of rotatable bonds is 7. The van der Waals surface area contributed by atoms with Gasteiger partial charge in [-0.3, -0.25) is 4.79 Å².